The van der Waals surface area contributed by atoms with Gasteiger partial charge in [0.15, 0.2) is 0 Å². The summed E-state index contributed by atoms with van der Waals surface area (Å²) < 4.78 is 0. The molecule has 1 aliphatic heterocycles. The molecule has 24 heavy (non-hydrogen) atoms. The van der Waals surface area contributed by atoms with E-state index in [2.05, 4.69) is 20.3 Å². The second-order valence-corrected chi connectivity index (χ2v) is 6.09. The number of nitro groups is 1. The molecule has 2 aromatic rings. The molecular weight excluding hydrogens is 330 g/mol. The third kappa shape index (κ3) is 3.07. The molecule has 1 aromatic heterocycles. The molecule has 0 saturated carbocycles. The number of fused-ring (bicyclic) bond motifs is 1. The summed E-state index contributed by atoms with van der Waals surface area (Å²) in [5.41, 5.74) is 0.798. The summed E-state index contributed by atoms with van der Waals surface area (Å²) in [4.78, 5) is 23.2. The standard InChI is InChI=1S/C16H16ClN5O2/c1-11(16(22(23)24)19-8-9-20-16)6-7-18-15-5-3-12-2-4-13(17)10-14(12)21-15/h2-5,8-11H,6-7H2,1H3,(H,18,21). The fraction of sp³-hybridized carbons (Fsp3) is 0.312. The van der Waals surface area contributed by atoms with Gasteiger partial charge >= 0.3 is 5.79 Å². The Balaban J connectivity index is 1.65. The molecule has 0 spiro atoms. The SMILES string of the molecule is CC(CCNc1ccc2ccc(Cl)cc2n1)C1([N+](=O)[O-])N=CC=N1. The maximum atomic E-state index is 11.3. The number of pyridine rings is 1. The first-order chi connectivity index (χ1) is 11.5. The summed E-state index contributed by atoms with van der Waals surface area (Å²) >= 11 is 5.98. The number of nitrogens with zero attached hydrogens (tertiary/aromatic N) is 4. The van der Waals surface area contributed by atoms with Crippen molar-refractivity contribution in [1.29, 1.82) is 0 Å². The van der Waals surface area contributed by atoms with Gasteiger partial charge in [-0.25, -0.2) is 4.98 Å². The van der Waals surface area contributed by atoms with Crippen molar-refractivity contribution in [2.45, 2.75) is 19.1 Å². The largest absolute Gasteiger partial charge is 0.414 e. The van der Waals surface area contributed by atoms with Gasteiger partial charge in [0.2, 0.25) is 0 Å². The van der Waals surface area contributed by atoms with Crippen LogP contribution >= 0.6 is 11.6 Å². The quantitative estimate of drug-likeness (QED) is 0.641. The highest BCUT2D eigenvalue weighted by molar-refractivity contribution is 6.31. The highest BCUT2D eigenvalue weighted by Crippen LogP contribution is 2.29. The van der Waals surface area contributed by atoms with Gasteiger partial charge in [0.1, 0.15) is 5.82 Å². The van der Waals surface area contributed by atoms with Gasteiger partial charge in [-0.2, -0.15) is 9.98 Å². The van der Waals surface area contributed by atoms with Crippen LogP contribution in [0.25, 0.3) is 10.9 Å². The van der Waals surface area contributed by atoms with Crippen LogP contribution in [0, 0.1) is 16.0 Å². The van der Waals surface area contributed by atoms with Gasteiger partial charge < -0.3 is 5.32 Å². The van der Waals surface area contributed by atoms with Crippen molar-refractivity contribution < 1.29 is 4.92 Å². The summed E-state index contributed by atoms with van der Waals surface area (Å²) in [5.74, 6) is -1.23. The van der Waals surface area contributed by atoms with Crippen molar-refractivity contribution >= 4 is 40.8 Å². The highest BCUT2D eigenvalue weighted by atomic mass is 35.5. The Bertz CT molecular complexity index is 824. The Morgan fingerprint density at radius 3 is 2.71 bits per heavy atom. The molecule has 0 aliphatic carbocycles. The first-order valence-corrected chi connectivity index (χ1v) is 7.93. The van der Waals surface area contributed by atoms with E-state index in [1.54, 1.807) is 13.0 Å². The zero-order valence-electron chi connectivity index (χ0n) is 13.0. The zero-order valence-corrected chi connectivity index (χ0v) is 13.8. The average Bonchev–Trinajstić information content (AvgIpc) is 3.05. The normalized spacial score (nSPS) is 16.4. The summed E-state index contributed by atoms with van der Waals surface area (Å²) in [7, 11) is 0. The Morgan fingerprint density at radius 2 is 2.00 bits per heavy atom. The molecule has 8 heteroatoms. The molecule has 1 aromatic carbocycles. The van der Waals surface area contributed by atoms with Crippen molar-refractivity contribution in [1.82, 2.24) is 4.98 Å². The predicted octanol–water partition coefficient (Wildman–Crippen LogP) is 3.41. The van der Waals surface area contributed by atoms with Crippen LogP contribution in [0.2, 0.25) is 5.02 Å². The van der Waals surface area contributed by atoms with Crippen LogP contribution in [0.3, 0.4) is 0 Å². The second-order valence-electron chi connectivity index (χ2n) is 5.65. The number of aromatic nitrogens is 1. The fourth-order valence-corrected chi connectivity index (χ4v) is 2.81. The molecule has 124 valence electrons. The Labute approximate surface area is 143 Å². The molecule has 0 radical (unpaired) electrons. The number of aliphatic imine (C=N–C) groups is 2. The molecule has 1 aliphatic rings. The van der Waals surface area contributed by atoms with E-state index in [-0.39, 0.29) is 5.92 Å². The van der Waals surface area contributed by atoms with Crippen LogP contribution in [0.15, 0.2) is 40.3 Å². The third-order valence-corrected chi connectivity index (χ3v) is 4.30. The number of rotatable bonds is 6. The van der Waals surface area contributed by atoms with Crippen LogP contribution in [-0.2, 0) is 0 Å². The molecule has 0 fully saturated rings. The zero-order chi connectivity index (χ0) is 17.2. The van der Waals surface area contributed by atoms with Crippen molar-refractivity contribution in [3.8, 4) is 0 Å². The minimum atomic E-state index is -1.59. The minimum absolute atomic E-state index is 0.343. The van der Waals surface area contributed by atoms with E-state index in [0.717, 1.165) is 10.9 Å². The Kier molecular flexibility index (Phi) is 4.44. The molecule has 7 nitrogen and oxygen atoms in total. The van der Waals surface area contributed by atoms with Crippen molar-refractivity contribution in [3.63, 3.8) is 0 Å². The number of nitrogens with one attached hydrogen (secondary N) is 1. The smallest absolute Gasteiger partial charge is 0.370 e. The lowest BCUT2D eigenvalue weighted by atomic mass is 10.00. The summed E-state index contributed by atoms with van der Waals surface area (Å²) in [5, 5.41) is 16.1. The molecule has 3 rings (SSSR count). The lowest BCUT2D eigenvalue weighted by Gasteiger charge is -2.21. The van der Waals surface area contributed by atoms with E-state index >= 15 is 0 Å². The van der Waals surface area contributed by atoms with Gasteiger partial charge in [-0.1, -0.05) is 24.6 Å². The Hall–Kier alpha value is -2.54. The molecule has 1 unspecified atom stereocenters. The van der Waals surface area contributed by atoms with E-state index in [4.69, 9.17) is 11.6 Å². The highest BCUT2D eigenvalue weighted by Gasteiger charge is 2.48. The van der Waals surface area contributed by atoms with Crippen molar-refractivity contribution in [2.24, 2.45) is 15.9 Å². The third-order valence-electron chi connectivity index (χ3n) is 4.06. The molecule has 0 amide bonds. The van der Waals surface area contributed by atoms with Gasteiger partial charge in [-0.05, 0) is 30.7 Å². The average molecular weight is 346 g/mol. The fourth-order valence-electron chi connectivity index (χ4n) is 2.65. The minimum Gasteiger partial charge on any atom is -0.370 e. The summed E-state index contributed by atoms with van der Waals surface area (Å²) in [6.07, 6.45) is 3.29. The predicted molar refractivity (Wildman–Crippen MR) is 95.7 cm³/mol. The van der Waals surface area contributed by atoms with E-state index in [9.17, 15) is 10.1 Å². The van der Waals surface area contributed by atoms with Crippen LogP contribution in [0.4, 0.5) is 5.82 Å². The number of halogens is 1. The first-order valence-electron chi connectivity index (χ1n) is 7.55. The van der Waals surface area contributed by atoms with Crippen molar-refractivity contribution in [3.05, 3.63) is 45.5 Å². The number of hydrogen-bond donors (Lipinski definition) is 1. The van der Waals surface area contributed by atoms with Crippen LogP contribution < -0.4 is 5.32 Å². The topological polar surface area (TPSA) is 92.8 Å². The maximum absolute atomic E-state index is 11.3. The molecule has 1 N–H and O–H groups in total. The number of anilines is 1. The molecule has 1 atom stereocenters. The van der Waals surface area contributed by atoms with Gasteiger partial charge in [0, 0.05) is 29.4 Å². The van der Waals surface area contributed by atoms with Crippen molar-refractivity contribution in [2.75, 3.05) is 11.9 Å². The van der Waals surface area contributed by atoms with Gasteiger partial charge in [0.25, 0.3) is 0 Å². The van der Waals surface area contributed by atoms with Gasteiger partial charge in [-0.15, -0.1) is 0 Å². The monoisotopic (exact) mass is 345 g/mol. The lowest BCUT2D eigenvalue weighted by Crippen LogP contribution is -2.40. The lowest BCUT2D eigenvalue weighted by molar-refractivity contribution is -0.575. The van der Waals surface area contributed by atoms with E-state index in [0.29, 0.717) is 23.8 Å². The molecule has 0 saturated heterocycles. The van der Waals surface area contributed by atoms with Gasteiger partial charge in [0.05, 0.1) is 16.4 Å². The van der Waals surface area contributed by atoms with Crippen LogP contribution in [0.1, 0.15) is 13.3 Å². The van der Waals surface area contributed by atoms with Crippen LogP contribution in [0.5, 0.6) is 0 Å². The summed E-state index contributed by atoms with van der Waals surface area (Å²) in [6.45, 7) is 2.30. The maximum Gasteiger partial charge on any atom is 0.414 e. The molecule has 0 bridgehead atoms. The Morgan fingerprint density at radius 1 is 1.29 bits per heavy atom. The van der Waals surface area contributed by atoms with Crippen LogP contribution in [-0.4, -0.2) is 34.7 Å². The molecule has 2 heterocycles. The molecular formula is C16H16ClN5O2. The van der Waals surface area contributed by atoms with E-state index < -0.39 is 10.7 Å². The first kappa shape index (κ1) is 16.3. The van der Waals surface area contributed by atoms with E-state index in [1.807, 2.05) is 24.3 Å². The van der Waals surface area contributed by atoms with E-state index in [1.165, 1.54) is 12.4 Å². The van der Waals surface area contributed by atoms with Gasteiger partial charge in [-0.3, -0.25) is 10.1 Å². The summed E-state index contributed by atoms with van der Waals surface area (Å²) in [6, 6.07) is 9.35. The second kappa shape index (κ2) is 6.52. The number of benzene rings is 1. The number of hydrogen-bond acceptors (Lipinski definition) is 6.